The van der Waals surface area contributed by atoms with Crippen LogP contribution in [0.4, 0.5) is 0 Å². The third kappa shape index (κ3) is 3.37. The average Bonchev–Trinajstić information content (AvgIpc) is 2.73. The van der Waals surface area contributed by atoms with Gasteiger partial charge in [-0.1, -0.05) is 13.0 Å². The van der Waals surface area contributed by atoms with Crippen LogP contribution in [0, 0.1) is 6.92 Å². The van der Waals surface area contributed by atoms with Crippen molar-refractivity contribution in [2.75, 3.05) is 17.4 Å². The molecule has 0 saturated carbocycles. The van der Waals surface area contributed by atoms with Gasteiger partial charge in [-0.15, -0.1) is 11.6 Å². The maximum absolute atomic E-state index is 11.6. The number of halogens is 1. The molecule has 0 aliphatic heterocycles. The minimum Gasteiger partial charge on any atom is -0.327 e. The summed E-state index contributed by atoms with van der Waals surface area (Å²) in [7, 11) is -0.753. The van der Waals surface area contributed by atoms with Gasteiger partial charge in [0.05, 0.1) is 11.0 Å². The van der Waals surface area contributed by atoms with E-state index in [9.17, 15) is 4.21 Å². The second kappa shape index (κ2) is 6.53. The minimum absolute atomic E-state index is 0.555. The summed E-state index contributed by atoms with van der Waals surface area (Å²) >= 11 is 5.84. The van der Waals surface area contributed by atoms with Crippen molar-refractivity contribution in [3.05, 3.63) is 29.6 Å². The predicted octanol–water partition coefficient (Wildman–Crippen LogP) is 2.89. The fraction of sp³-hybridized carbons (Fsp3) is 0.500. The van der Waals surface area contributed by atoms with Crippen molar-refractivity contribution in [2.24, 2.45) is 0 Å². The van der Waals surface area contributed by atoms with Crippen LogP contribution in [0.15, 0.2) is 18.2 Å². The van der Waals surface area contributed by atoms with Crippen LogP contribution in [0.25, 0.3) is 11.0 Å². The molecule has 0 bridgehead atoms. The van der Waals surface area contributed by atoms with E-state index in [0.717, 1.165) is 29.8 Å². The van der Waals surface area contributed by atoms with Gasteiger partial charge in [0, 0.05) is 41.2 Å². The molecule has 2 aromatic rings. The molecule has 1 aromatic heterocycles. The highest BCUT2D eigenvalue weighted by Crippen LogP contribution is 2.18. The molecule has 5 heteroatoms. The predicted molar refractivity (Wildman–Crippen MR) is 82.4 cm³/mol. The Morgan fingerprint density at radius 3 is 2.89 bits per heavy atom. The number of fused-ring (bicyclic) bond motifs is 1. The fourth-order valence-corrected chi connectivity index (χ4v) is 3.00. The van der Waals surface area contributed by atoms with E-state index in [1.165, 1.54) is 5.56 Å². The Morgan fingerprint density at radius 1 is 1.42 bits per heavy atom. The van der Waals surface area contributed by atoms with Crippen LogP contribution in [0.5, 0.6) is 0 Å². The standard InChI is InChI=1S/C14H19ClN2OS/c1-3-19(18)9-8-17-13-5-4-11(2)10-12(13)16-14(17)6-7-15/h4-5,10H,3,6-9H2,1-2H3. The fourth-order valence-electron chi connectivity index (χ4n) is 2.15. The lowest BCUT2D eigenvalue weighted by molar-refractivity contribution is 0.671. The van der Waals surface area contributed by atoms with Gasteiger partial charge >= 0.3 is 0 Å². The Balaban J connectivity index is 2.37. The summed E-state index contributed by atoms with van der Waals surface area (Å²) in [5.41, 5.74) is 3.31. The lowest BCUT2D eigenvalue weighted by atomic mass is 10.2. The van der Waals surface area contributed by atoms with Crippen LogP contribution in [-0.4, -0.2) is 31.1 Å². The molecule has 104 valence electrons. The van der Waals surface area contributed by atoms with Crippen molar-refractivity contribution in [3.63, 3.8) is 0 Å². The van der Waals surface area contributed by atoms with E-state index in [0.29, 0.717) is 17.4 Å². The summed E-state index contributed by atoms with van der Waals surface area (Å²) in [4.78, 5) is 4.65. The van der Waals surface area contributed by atoms with Crippen LogP contribution in [-0.2, 0) is 23.8 Å². The van der Waals surface area contributed by atoms with Crippen LogP contribution < -0.4 is 0 Å². The number of aromatic nitrogens is 2. The summed E-state index contributed by atoms with van der Waals surface area (Å²) in [6, 6.07) is 6.26. The largest absolute Gasteiger partial charge is 0.327 e. The van der Waals surface area contributed by atoms with Crippen LogP contribution in [0.3, 0.4) is 0 Å². The zero-order valence-electron chi connectivity index (χ0n) is 11.4. The first kappa shape index (κ1) is 14.5. The van der Waals surface area contributed by atoms with Crippen LogP contribution in [0.2, 0.25) is 0 Å². The number of aryl methyl sites for hydroxylation is 3. The van der Waals surface area contributed by atoms with Gasteiger partial charge in [0.1, 0.15) is 5.82 Å². The maximum Gasteiger partial charge on any atom is 0.111 e. The zero-order chi connectivity index (χ0) is 13.8. The Kier molecular flexibility index (Phi) is 4.99. The number of alkyl halides is 1. The lowest BCUT2D eigenvalue weighted by Crippen LogP contribution is -2.12. The van der Waals surface area contributed by atoms with Gasteiger partial charge in [0.25, 0.3) is 0 Å². The van der Waals surface area contributed by atoms with Crippen molar-refractivity contribution in [1.29, 1.82) is 0 Å². The van der Waals surface area contributed by atoms with Crippen molar-refractivity contribution < 1.29 is 4.21 Å². The molecule has 2 rings (SSSR count). The van der Waals surface area contributed by atoms with Crippen molar-refractivity contribution in [2.45, 2.75) is 26.8 Å². The highest BCUT2D eigenvalue weighted by molar-refractivity contribution is 7.84. The molecule has 0 fully saturated rings. The van der Waals surface area contributed by atoms with Gasteiger partial charge in [-0.25, -0.2) is 4.98 Å². The third-order valence-corrected chi connectivity index (χ3v) is 4.64. The zero-order valence-corrected chi connectivity index (χ0v) is 12.9. The summed E-state index contributed by atoms with van der Waals surface area (Å²) < 4.78 is 13.8. The molecule has 0 amide bonds. The molecule has 1 unspecified atom stereocenters. The van der Waals surface area contributed by atoms with Gasteiger partial charge < -0.3 is 4.57 Å². The first-order valence-corrected chi connectivity index (χ1v) is 8.54. The van der Waals surface area contributed by atoms with Crippen LogP contribution >= 0.6 is 11.6 Å². The smallest absolute Gasteiger partial charge is 0.111 e. The van der Waals surface area contributed by atoms with E-state index in [1.54, 1.807) is 0 Å². The lowest BCUT2D eigenvalue weighted by Gasteiger charge is -2.08. The van der Waals surface area contributed by atoms with Crippen LogP contribution in [0.1, 0.15) is 18.3 Å². The molecular formula is C14H19ClN2OS. The van der Waals surface area contributed by atoms with E-state index < -0.39 is 10.8 Å². The Morgan fingerprint density at radius 2 is 2.21 bits per heavy atom. The quantitative estimate of drug-likeness (QED) is 0.769. The SMILES string of the molecule is CCS(=O)CCn1c(CCCl)nc2cc(C)ccc21. The van der Waals surface area contributed by atoms with E-state index in [4.69, 9.17) is 11.6 Å². The third-order valence-electron chi connectivity index (χ3n) is 3.17. The van der Waals surface area contributed by atoms with E-state index >= 15 is 0 Å². The molecule has 0 spiro atoms. The molecule has 0 radical (unpaired) electrons. The van der Waals surface area contributed by atoms with Gasteiger partial charge in [0.2, 0.25) is 0 Å². The first-order chi connectivity index (χ1) is 9.15. The molecule has 3 nitrogen and oxygen atoms in total. The molecule has 0 aliphatic carbocycles. The second-order valence-electron chi connectivity index (χ2n) is 4.54. The second-order valence-corrected chi connectivity index (χ2v) is 6.79. The molecular weight excluding hydrogens is 280 g/mol. The van der Waals surface area contributed by atoms with Crippen molar-refractivity contribution >= 4 is 33.4 Å². The molecule has 1 aromatic carbocycles. The average molecular weight is 299 g/mol. The molecule has 0 aliphatic rings. The van der Waals surface area contributed by atoms with E-state index in [2.05, 4.69) is 34.7 Å². The Bertz CT molecular complexity index is 594. The number of rotatable bonds is 6. The van der Waals surface area contributed by atoms with Gasteiger partial charge in [-0.2, -0.15) is 0 Å². The minimum atomic E-state index is -0.753. The van der Waals surface area contributed by atoms with Crippen molar-refractivity contribution in [3.8, 4) is 0 Å². The number of nitrogens with zero attached hydrogens (tertiary/aromatic N) is 2. The number of benzene rings is 1. The normalized spacial score (nSPS) is 13.0. The number of hydrogen-bond acceptors (Lipinski definition) is 2. The molecule has 0 N–H and O–H groups in total. The number of imidazole rings is 1. The highest BCUT2D eigenvalue weighted by atomic mass is 35.5. The van der Waals surface area contributed by atoms with Gasteiger partial charge in [0.15, 0.2) is 0 Å². The highest BCUT2D eigenvalue weighted by Gasteiger charge is 2.11. The van der Waals surface area contributed by atoms with Crippen molar-refractivity contribution in [1.82, 2.24) is 9.55 Å². The molecule has 0 saturated heterocycles. The summed E-state index contributed by atoms with van der Waals surface area (Å²) in [5.74, 6) is 2.92. The molecule has 1 heterocycles. The Hall–Kier alpha value is -0.870. The summed E-state index contributed by atoms with van der Waals surface area (Å²) in [5, 5.41) is 0. The van der Waals surface area contributed by atoms with Gasteiger partial charge in [-0.3, -0.25) is 4.21 Å². The van der Waals surface area contributed by atoms with E-state index in [1.807, 2.05) is 6.92 Å². The molecule has 19 heavy (non-hydrogen) atoms. The first-order valence-electron chi connectivity index (χ1n) is 6.52. The topological polar surface area (TPSA) is 34.9 Å². The molecule has 1 atom stereocenters. The number of hydrogen-bond donors (Lipinski definition) is 0. The van der Waals surface area contributed by atoms with E-state index in [-0.39, 0.29) is 0 Å². The monoisotopic (exact) mass is 298 g/mol. The Labute approximate surface area is 121 Å². The summed E-state index contributed by atoms with van der Waals surface area (Å²) in [6.45, 7) is 4.75. The van der Waals surface area contributed by atoms with Gasteiger partial charge in [-0.05, 0) is 24.6 Å². The maximum atomic E-state index is 11.6. The summed E-state index contributed by atoms with van der Waals surface area (Å²) in [6.07, 6.45) is 0.744.